The van der Waals surface area contributed by atoms with Crippen LogP contribution in [0.2, 0.25) is 0 Å². The Morgan fingerprint density at radius 2 is 1.95 bits per heavy atom. The van der Waals surface area contributed by atoms with E-state index in [0.29, 0.717) is 28.8 Å². The first-order chi connectivity index (χ1) is 9.60. The Bertz CT molecular complexity index is 573. The molecule has 1 aliphatic rings. The third-order valence-electron chi connectivity index (χ3n) is 3.10. The topological polar surface area (TPSA) is 64.5 Å². The maximum Gasteiger partial charge on any atom is 0.283 e. The molecule has 0 amide bonds. The minimum atomic E-state index is 0.224. The minimum Gasteiger partial charge on any atom is -0.444 e. The Morgan fingerprint density at radius 3 is 2.60 bits per heavy atom. The molecular formula is C13H16BrN3O3. The highest BCUT2D eigenvalue weighted by Crippen LogP contribution is 2.24. The molecular weight excluding hydrogens is 326 g/mol. The fourth-order valence-corrected chi connectivity index (χ4v) is 2.76. The summed E-state index contributed by atoms with van der Waals surface area (Å²) in [7, 11) is 0. The van der Waals surface area contributed by atoms with Gasteiger partial charge >= 0.3 is 0 Å². The van der Waals surface area contributed by atoms with Crippen LogP contribution in [0.4, 0.5) is 0 Å². The van der Waals surface area contributed by atoms with E-state index in [2.05, 4.69) is 44.9 Å². The first kappa shape index (κ1) is 13.8. The van der Waals surface area contributed by atoms with E-state index in [1.54, 1.807) is 12.1 Å². The molecule has 0 saturated carbocycles. The molecule has 6 nitrogen and oxygen atoms in total. The summed E-state index contributed by atoms with van der Waals surface area (Å²) in [6, 6.07) is 3.59. The average molecular weight is 342 g/mol. The van der Waals surface area contributed by atoms with E-state index in [4.69, 9.17) is 13.6 Å². The molecule has 2 aromatic heterocycles. The van der Waals surface area contributed by atoms with E-state index in [9.17, 15) is 0 Å². The van der Waals surface area contributed by atoms with Crippen molar-refractivity contribution in [3.8, 4) is 11.7 Å². The van der Waals surface area contributed by atoms with Crippen molar-refractivity contribution in [3.05, 3.63) is 22.7 Å². The van der Waals surface area contributed by atoms with Crippen LogP contribution in [0.25, 0.3) is 11.7 Å². The van der Waals surface area contributed by atoms with Crippen molar-refractivity contribution >= 4 is 15.9 Å². The summed E-state index contributed by atoms with van der Waals surface area (Å²) in [6.07, 6.45) is 0.448. The fraction of sp³-hybridized carbons (Fsp3) is 0.538. The summed E-state index contributed by atoms with van der Waals surface area (Å²) in [4.78, 5) is 2.26. The molecule has 2 atom stereocenters. The average Bonchev–Trinajstić information content (AvgIpc) is 2.96. The third-order valence-corrected chi connectivity index (χ3v) is 3.53. The number of hydrogen-bond donors (Lipinski definition) is 0. The molecule has 0 aliphatic carbocycles. The third kappa shape index (κ3) is 3.11. The quantitative estimate of drug-likeness (QED) is 0.855. The van der Waals surface area contributed by atoms with Crippen LogP contribution in [-0.2, 0) is 11.3 Å². The number of morpholine rings is 1. The lowest BCUT2D eigenvalue weighted by Crippen LogP contribution is -2.44. The van der Waals surface area contributed by atoms with Crippen molar-refractivity contribution in [1.29, 1.82) is 0 Å². The highest BCUT2D eigenvalue weighted by molar-refractivity contribution is 9.10. The fourth-order valence-electron chi connectivity index (χ4n) is 2.45. The molecule has 1 fully saturated rings. The Hall–Kier alpha value is -1.18. The van der Waals surface area contributed by atoms with Crippen LogP contribution < -0.4 is 0 Å². The Labute approximate surface area is 125 Å². The van der Waals surface area contributed by atoms with Crippen molar-refractivity contribution in [1.82, 2.24) is 15.1 Å². The van der Waals surface area contributed by atoms with Gasteiger partial charge in [-0.25, -0.2) is 0 Å². The molecule has 3 rings (SSSR count). The summed E-state index contributed by atoms with van der Waals surface area (Å²) < 4.78 is 17.4. The number of ether oxygens (including phenoxy) is 1. The zero-order valence-corrected chi connectivity index (χ0v) is 13.0. The smallest absolute Gasteiger partial charge is 0.283 e. The lowest BCUT2D eigenvalue weighted by Gasteiger charge is -2.34. The van der Waals surface area contributed by atoms with Gasteiger partial charge in [0.1, 0.15) is 0 Å². The summed E-state index contributed by atoms with van der Waals surface area (Å²) in [5.41, 5.74) is 0. The lowest BCUT2D eigenvalue weighted by atomic mass is 10.2. The van der Waals surface area contributed by atoms with Gasteiger partial charge in [0.15, 0.2) is 10.4 Å². The number of hydrogen-bond acceptors (Lipinski definition) is 6. The molecule has 0 aromatic carbocycles. The van der Waals surface area contributed by atoms with Crippen molar-refractivity contribution in [2.45, 2.75) is 32.6 Å². The second-order valence-corrected chi connectivity index (χ2v) is 5.84. The zero-order chi connectivity index (χ0) is 14.1. The summed E-state index contributed by atoms with van der Waals surface area (Å²) in [5.74, 6) is 1.56. The van der Waals surface area contributed by atoms with Crippen LogP contribution in [0.3, 0.4) is 0 Å². The highest BCUT2D eigenvalue weighted by Gasteiger charge is 2.24. The molecule has 20 heavy (non-hydrogen) atoms. The monoisotopic (exact) mass is 341 g/mol. The molecule has 108 valence electrons. The van der Waals surface area contributed by atoms with Crippen LogP contribution in [0.5, 0.6) is 0 Å². The van der Waals surface area contributed by atoms with Gasteiger partial charge in [-0.3, -0.25) is 4.90 Å². The van der Waals surface area contributed by atoms with Crippen LogP contribution in [0.15, 0.2) is 25.6 Å². The zero-order valence-electron chi connectivity index (χ0n) is 11.4. The molecule has 1 saturated heterocycles. The number of aromatic nitrogens is 2. The van der Waals surface area contributed by atoms with Crippen LogP contribution in [0.1, 0.15) is 19.7 Å². The van der Waals surface area contributed by atoms with E-state index in [-0.39, 0.29) is 12.2 Å². The Kier molecular flexibility index (Phi) is 3.91. The molecule has 0 spiro atoms. The van der Waals surface area contributed by atoms with Gasteiger partial charge in [-0.2, -0.15) is 0 Å². The van der Waals surface area contributed by atoms with Gasteiger partial charge < -0.3 is 13.6 Å². The van der Waals surface area contributed by atoms with E-state index >= 15 is 0 Å². The lowest BCUT2D eigenvalue weighted by molar-refractivity contribution is -0.0721. The second kappa shape index (κ2) is 5.67. The van der Waals surface area contributed by atoms with Gasteiger partial charge in [-0.05, 0) is 41.9 Å². The van der Waals surface area contributed by atoms with Gasteiger partial charge in [-0.15, -0.1) is 10.2 Å². The van der Waals surface area contributed by atoms with E-state index < -0.39 is 0 Å². The van der Waals surface area contributed by atoms with Gasteiger partial charge in [0.05, 0.1) is 18.8 Å². The molecule has 0 bridgehead atoms. The molecule has 3 heterocycles. The number of nitrogens with zero attached hydrogens (tertiary/aromatic N) is 3. The second-order valence-electron chi connectivity index (χ2n) is 5.06. The van der Waals surface area contributed by atoms with Crippen molar-refractivity contribution < 1.29 is 13.6 Å². The summed E-state index contributed by atoms with van der Waals surface area (Å²) in [6.45, 7) is 6.51. The van der Waals surface area contributed by atoms with Crippen LogP contribution in [-0.4, -0.2) is 40.4 Å². The van der Waals surface area contributed by atoms with Crippen molar-refractivity contribution in [2.75, 3.05) is 13.1 Å². The summed E-state index contributed by atoms with van der Waals surface area (Å²) in [5, 5.41) is 8.09. The largest absolute Gasteiger partial charge is 0.444 e. The van der Waals surface area contributed by atoms with E-state index in [1.165, 1.54) is 0 Å². The molecule has 2 aromatic rings. The SMILES string of the molecule is C[C@@H]1CN(Cc2nnc(-c3ccc(Br)o3)o2)C[C@@H](C)O1. The molecule has 7 heteroatoms. The van der Waals surface area contributed by atoms with Crippen molar-refractivity contribution in [2.24, 2.45) is 0 Å². The number of furan rings is 1. The first-order valence-corrected chi connectivity index (χ1v) is 7.35. The van der Waals surface area contributed by atoms with Crippen LogP contribution >= 0.6 is 15.9 Å². The molecule has 1 aliphatic heterocycles. The number of halogens is 1. The highest BCUT2D eigenvalue weighted by atomic mass is 79.9. The standard InChI is InChI=1S/C13H16BrN3O3/c1-8-5-17(6-9(2)18-8)7-12-15-16-13(20-12)10-3-4-11(14)19-10/h3-4,8-9H,5-7H2,1-2H3/t8-,9-/m1/s1. The van der Waals surface area contributed by atoms with Gasteiger partial charge in [0.25, 0.3) is 5.89 Å². The first-order valence-electron chi connectivity index (χ1n) is 6.56. The van der Waals surface area contributed by atoms with E-state index in [1.807, 2.05) is 0 Å². The Morgan fingerprint density at radius 1 is 1.20 bits per heavy atom. The van der Waals surface area contributed by atoms with Gasteiger partial charge in [0, 0.05) is 13.1 Å². The van der Waals surface area contributed by atoms with Crippen LogP contribution in [0, 0.1) is 0 Å². The van der Waals surface area contributed by atoms with Gasteiger partial charge in [-0.1, -0.05) is 0 Å². The predicted octanol–water partition coefficient (Wildman–Crippen LogP) is 2.70. The normalized spacial score (nSPS) is 24.1. The molecule has 0 N–H and O–H groups in total. The molecule has 0 unspecified atom stereocenters. The van der Waals surface area contributed by atoms with Crippen molar-refractivity contribution in [3.63, 3.8) is 0 Å². The molecule has 0 radical (unpaired) electrons. The predicted molar refractivity (Wildman–Crippen MR) is 75.0 cm³/mol. The number of rotatable bonds is 3. The minimum absolute atomic E-state index is 0.224. The maximum absolute atomic E-state index is 5.70. The summed E-state index contributed by atoms with van der Waals surface area (Å²) >= 11 is 3.25. The van der Waals surface area contributed by atoms with Gasteiger partial charge in [0.2, 0.25) is 5.89 Å². The Balaban J connectivity index is 1.68. The van der Waals surface area contributed by atoms with E-state index in [0.717, 1.165) is 13.1 Å². The maximum atomic E-state index is 5.70.